The molecule has 1 aromatic heterocycles. The molecule has 0 spiro atoms. The standard InChI is InChI=1S/C22H29ClN4O2.HI/c1-3-24-21(26-12-5-11-25-20(28)19-16(2)8-13-29-19)27-15-22(9-10-22)17-6-4-7-18(23)14-17;/h4,6-8,13-14H,3,5,9-12,15H2,1-2H3,(H,25,28)(H2,24,26,27);1H. The maximum atomic E-state index is 12.0. The van der Waals surface area contributed by atoms with Crippen molar-refractivity contribution in [2.24, 2.45) is 4.99 Å². The maximum Gasteiger partial charge on any atom is 0.287 e. The summed E-state index contributed by atoms with van der Waals surface area (Å²) < 4.78 is 5.20. The predicted molar refractivity (Wildman–Crippen MR) is 132 cm³/mol. The highest BCUT2D eigenvalue weighted by atomic mass is 127. The van der Waals surface area contributed by atoms with Gasteiger partial charge in [-0.15, -0.1) is 24.0 Å². The summed E-state index contributed by atoms with van der Waals surface area (Å²) in [7, 11) is 0. The Hall–Kier alpha value is -1.74. The molecule has 3 N–H and O–H groups in total. The minimum Gasteiger partial charge on any atom is -0.459 e. The quantitative estimate of drug-likeness (QED) is 0.191. The van der Waals surface area contributed by atoms with E-state index in [1.165, 1.54) is 11.8 Å². The van der Waals surface area contributed by atoms with Crippen molar-refractivity contribution in [3.63, 3.8) is 0 Å². The number of aliphatic imine (C=N–C) groups is 1. The van der Waals surface area contributed by atoms with Gasteiger partial charge in [0.2, 0.25) is 0 Å². The molecule has 30 heavy (non-hydrogen) atoms. The van der Waals surface area contributed by atoms with E-state index in [-0.39, 0.29) is 35.3 Å². The van der Waals surface area contributed by atoms with Gasteiger partial charge in [-0.2, -0.15) is 0 Å². The third kappa shape index (κ3) is 6.63. The van der Waals surface area contributed by atoms with E-state index < -0.39 is 0 Å². The molecule has 8 heteroatoms. The fraction of sp³-hybridized carbons (Fsp3) is 0.455. The van der Waals surface area contributed by atoms with Crippen molar-refractivity contribution < 1.29 is 9.21 Å². The van der Waals surface area contributed by atoms with E-state index in [2.05, 4.69) is 22.0 Å². The van der Waals surface area contributed by atoms with E-state index >= 15 is 0 Å². The largest absolute Gasteiger partial charge is 0.459 e. The summed E-state index contributed by atoms with van der Waals surface area (Å²) in [5, 5.41) is 10.3. The molecule has 0 bridgehead atoms. The second kappa shape index (κ2) is 11.6. The van der Waals surface area contributed by atoms with Crippen molar-refractivity contribution in [2.45, 2.75) is 38.5 Å². The van der Waals surface area contributed by atoms with Gasteiger partial charge in [0.15, 0.2) is 11.7 Å². The van der Waals surface area contributed by atoms with Crippen molar-refractivity contribution in [3.8, 4) is 0 Å². The summed E-state index contributed by atoms with van der Waals surface area (Å²) in [6, 6.07) is 9.88. The predicted octanol–water partition coefficient (Wildman–Crippen LogP) is 4.27. The summed E-state index contributed by atoms with van der Waals surface area (Å²) in [5.41, 5.74) is 2.22. The highest BCUT2D eigenvalue weighted by Crippen LogP contribution is 2.48. The van der Waals surface area contributed by atoms with Crippen LogP contribution in [0.2, 0.25) is 5.02 Å². The topological polar surface area (TPSA) is 78.7 Å². The van der Waals surface area contributed by atoms with E-state index in [9.17, 15) is 4.79 Å². The van der Waals surface area contributed by atoms with Crippen LogP contribution in [0, 0.1) is 6.92 Å². The second-order valence-electron chi connectivity index (χ2n) is 7.45. The molecule has 0 aliphatic heterocycles. The number of halogens is 2. The van der Waals surface area contributed by atoms with Crippen molar-refractivity contribution >= 4 is 47.4 Å². The van der Waals surface area contributed by atoms with Gasteiger partial charge in [0.05, 0.1) is 12.8 Å². The van der Waals surface area contributed by atoms with E-state index in [1.807, 2.05) is 32.0 Å². The van der Waals surface area contributed by atoms with Crippen molar-refractivity contribution in [1.82, 2.24) is 16.0 Å². The third-order valence-electron chi connectivity index (χ3n) is 5.17. The molecule has 0 saturated heterocycles. The van der Waals surface area contributed by atoms with Crippen LogP contribution < -0.4 is 16.0 Å². The van der Waals surface area contributed by atoms with Crippen LogP contribution in [0.4, 0.5) is 0 Å². The van der Waals surface area contributed by atoms with Crippen LogP contribution in [-0.4, -0.2) is 38.0 Å². The maximum absolute atomic E-state index is 12.0. The smallest absolute Gasteiger partial charge is 0.287 e. The molecule has 1 aromatic carbocycles. The summed E-state index contributed by atoms with van der Waals surface area (Å²) in [6.45, 7) is 6.72. The van der Waals surface area contributed by atoms with Crippen LogP contribution in [0.25, 0.3) is 0 Å². The highest BCUT2D eigenvalue weighted by Gasteiger charge is 2.44. The van der Waals surface area contributed by atoms with Crippen LogP contribution in [0.1, 0.15) is 47.9 Å². The Morgan fingerprint density at radius 1 is 1.20 bits per heavy atom. The molecule has 0 unspecified atom stereocenters. The number of aryl methyl sites for hydroxylation is 1. The number of carbonyl (C=O) groups excluding carboxylic acids is 1. The lowest BCUT2D eigenvalue weighted by Gasteiger charge is -2.16. The zero-order valence-electron chi connectivity index (χ0n) is 17.5. The van der Waals surface area contributed by atoms with Crippen molar-refractivity contribution in [2.75, 3.05) is 26.2 Å². The Morgan fingerprint density at radius 3 is 2.60 bits per heavy atom. The van der Waals surface area contributed by atoms with E-state index in [4.69, 9.17) is 21.0 Å². The average molecular weight is 545 g/mol. The fourth-order valence-corrected chi connectivity index (χ4v) is 3.45. The minimum atomic E-state index is -0.176. The average Bonchev–Trinajstić information content (AvgIpc) is 3.38. The summed E-state index contributed by atoms with van der Waals surface area (Å²) in [5.74, 6) is 1.00. The highest BCUT2D eigenvalue weighted by molar-refractivity contribution is 14.0. The zero-order valence-corrected chi connectivity index (χ0v) is 20.6. The van der Waals surface area contributed by atoms with Gasteiger partial charge >= 0.3 is 0 Å². The molecule has 1 heterocycles. The first kappa shape index (κ1) is 24.5. The van der Waals surface area contributed by atoms with Gasteiger partial charge in [-0.3, -0.25) is 9.79 Å². The number of nitrogens with one attached hydrogen (secondary N) is 3. The van der Waals surface area contributed by atoms with Gasteiger partial charge < -0.3 is 20.4 Å². The zero-order chi connectivity index (χ0) is 20.7. The van der Waals surface area contributed by atoms with Crippen LogP contribution in [0.3, 0.4) is 0 Å². The molecule has 1 aliphatic rings. The van der Waals surface area contributed by atoms with Crippen LogP contribution in [0.5, 0.6) is 0 Å². The number of nitrogens with zero attached hydrogens (tertiary/aromatic N) is 1. The van der Waals surface area contributed by atoms with Gasteiger partial charge in [-0.1, -0.05) is 23.7 Å². The third-order valence-corrected chi connectivity index (χ3v) is 5.41. The lowest BCUT2D eigenvalue weighted by Crippen LogP contribution is -2.39. The van der Waals surface area contributed by atoms with E-state index in [0.717, 1.165) is 48.9 Å². The first-order valence-electron chi connectivity index (χ1n) is 10.1. The second-order valence-corrected chi connectivity index (χ2v) is 7.89. The Kier molecular flexibility index (Phi) is 9.48. The number of carbonyl (C=O) groups is 1. The van der Waals surface area contributed by atoms with Crippen molar-refractivity contribution in [3.05, 3.63) is 58.5 Å². The van der Waals surface area contributed by atoms with Gasteiger partial charge in [0.25, 0.3) is 5.91 Å². The summed E-state index contributed by atoms with van der Waals surface area (Å²) in [6.07, 6.45) is 4.58. The van der Waals surface area contributed by atoms with Gasteiger partial charge in [0, 0.05) is 35.6 Å². The van der Waals surface area contributed by atoms with E-state index in [0.29, 0.717) is 18.8 Å². The molecule has 1 aliphatic carbocycles. The monoisotopic (exact) mass is 544 g/mol. The van der Waals surface area contributed by atoms with Crippen LogP contribution in [-0.2, 0) is 5.41 Å². The number of amides is 1. The van der Waals surface area contributed by atoms with Gasteiger partial charge in [0.1, 0.15) is 0 Å². The number of guanidine groups is 1. The Morgan fingerprint density at radius 2 is 1.97 bits per heavy atom. The minimum absolute atomic E-state index is 0. The fourth-order valence-electron chi connectivity index (χ4n) is 3.26. The Balaban J connectivity index is 0.00000320. The lowest BCUT2D eigenvalue weighted by atomic mass is 9.96. The molecule has 0 atom stereocenters. The molecule has 1 fully saturated rings. The van der Waals surface area contributed by atoms with Gasteiger partial charge in [-0.25, -0.2) is 0 Å². The molecule has 164 valence electrons. The van der Waals surface area contributed by atoms with Gasteiger partial charge in [-0.05, 0) is 56.9 Å². The number of hydrogen-bond acceptors (Lipinski definition) is 3. The number of rotatable bonds is 9. The Labute approximate surface area is 200 Å². The molecular weight excluding hydrogens is 515 g/mol. The molecule has 1 saturated carbocycles. The van der Waals surface area contributed by atoms with E-state index in [1.54, 1.807) is 6.07 Å². The SMILES string of the molecule is CCNC(=NCC1(c2cccc(Cl)c2)CC1)NCCCNC(=O)c1occc1C.I. The first-order valence-corrected chi connectivity index (χ1v) is 10.5. The number of benzene rings is 1. The normalized spacial score (nSPS) is 14.6. The molecular formula is C22H30ClIN4O2. The summed E-state index contributed by atoms with van der Waals surface area (Å²) >= 11 is 6.16. The lowest BCUT2D eigenvalue weighted by molar-refractivity contribution is 0.0925. The molecule has 2 aromatic rings. The first-order chi connectivity index (χ1) is 14.0. The Bertz CT molecular complexity index is 864. The van der Waals surface area contributed by atoms with Crippen LogP contribution >= 0.6 is 35.6 Å². The van der Waals surface area contributed by atoms with Crippen molar-refractivity contribution in [1.29, 1.82) is 0 Å². The molecule has 1 amide bonds. The molecule has 0 radical (unpaired) electrons. The molecule has 3 rings (SSSR count). The molecule has 6 nitrogen and oxygen atoms in total. The number of furan rings is 1. The summed E-state index contributed by atoms with van der Waals surface area (Å²) in [4.78, 5) is 16.8. The number of hydrogen-bond donors (Lipinski definition) is 3. The van der Waals surface area contributed by atoms with Crippen LogP contribution in [0.15, 0.2) is 46.0 Å².